The molecule has 2 aromatic heterocycles. The maximum absolute atomic E-state index is 12.7. The van der Waals surface area contributed by atoms with Gasteiger partial charge in [0.15, 0.2) is 5.89 Å². The van der Waals surface area contributed by atoms with E-state index in [0.717, 1.165) is 5.56 Å². The van der Waals surface area contributed by atoms with E-state index >= 15 is 0 Å². The molecule has 1 aromatic carbocycles. The molecule has 2 heterocycles. The summed E-state index contributed by atoms with van der Waals surface area (Å²) in [5, 5.41) is 8.09. The quantitative estimate of drug-likeness (QED) is 0.679. The van der Waals surface area contributed by atoms with Crippen LogP contribution in [0.4, 0.5) is 0 Å². The van der Waals surface area contributed by atoms with Crippen molar-refractivity contribution in [2.24, 2.45) is 5.92 Å². The molecule has 1 unspecified atom stereocenters. The maximum Gasteiger partial charge on any atom is 0.240 e. The largest absolute Gasteiger partial charge is 0.449 e. The minimum Gasteiger partial charge on any atom is -0.449 e. The van der Waals surface area contributed by atoms with Gasteiger partial charge in [0.2, 0.25) is 10.0 Å². The van der Waals surface area contributed by atoms with E-state index in [2.05, 4.69) is 19.9 Å². The Balaban J connectivity index is 1.78. The molecule has 0 spiro atoms. The van der Waals surface area contributed by atoms with Crippen LogP contribution in [0.1, 0.15) is 19.7 Å². The normalized spacial score (nSPS) is 13.2. The Kier molecular flexibility index (Phi) is 5.19. The predicted molar refractivity (Wildman–Crippen MR) is 95.6 cm³/mol. The van der Waals surface area contributed by atoms with Crippen LogP contribution in [-0.2, 0) is 16.6 Å². The lowest BCUT2D eigenvalue weighted by Crippen LogP contribution is -2.41. The van der Waals surface area contributed by atoms with Crippen LogP contribution in [0.2, 0.25) is 0 Å². The summed E-state index contributed by atoms with van der Waals surface area (Å²) >= 11 is 0. The summed E-state index contributed by atoms with van der Waals surface area (Å²) in [5.41, 5.74) is 1.46. The molecule has 0 radical (unpaired) electrons. The van der Waals surface area contributed by atoms with Crippen molar-refractivity contribution < 1.29 is 12.8 Å². The molecule has 0 aliphatic heterocycles. The third-order valence-corrected chi connectivity index (χ3v) is 5.52. The number of benzene rings is 1. The smallest absolute Gasteiger partial charge is 0.240 e. The molecule has 9 heteroatoms. The molecule has 0 fully saturated rings. The molecule has 138 valence electrons. The zero-order valence-corrected chi connectivity index (χ0v) is 15.6. The van der Waals surface area contributed by atoms with Gasteiger partial charge in [0.05, 0.1) is 23.8 Å². The van der Waals surface area contributed by atoms with Crippen LogP contribution in [0.25, 0.3) is 11.3 Å². The number of nitrogens with zero attached hydrogens (tertiary/aromatic N) is 4. The lowest BCUT2D eigenvalue weighted by atomic mass is 10.1. The lowest BCUT2D eigenvalue weighted by Gasteiger charge is -2.21. The van der Waals surface area contributed by atoms with Crippen LogP contribution in [-0.4, -0.2) is 34.4 Å². The first-order chi connectivity index (χ1) is 12.3. The number of hydrogen-bond acceptors (Lipinski definition) is 6. The van der Waals surface area contributed by atoms with Crippen molar-refractivity contribution in [2.45, 2.75) is 38.3 Å². The molecule has 0 aliphatic rings. The Labute approximate surface area is 152 Å². The fourth-order valence-corrected chi connectivity index (χ4v) is 3.84. The van der Waals surface area contributed by atoms with Gasteiger partial charge < -0.3 is 4.42 Å². The molecule has 8 nitrogen and oxygen atoms in total. The van der Waals surface area contributed by atoms with Crippen molar-refractivity contribution in [2.75, 3.05) is 0 Å². The topological polar surface area (TPSA) is 103 Å². The van der Waals surface area contributed by atoms with Gasteiger partial charge in [0.1, 0.15) is 12.0 Å². The highest BCUT2D eigenvalue weighted by Gasteiger charge is 2.23. The molecule has 26 heavy (non-hydrogen) atoms. The van der Waals surface area contributed by atoms with Crippen molar-refractivity contribution in [1.82, 2.24) is 24.7 Å². The van der Waals surface area contributed by atoms with E-state index in [4.69, 9.17) is 4.42 Å². The number of rotatable bonds is 7. The highest BCUT2D eigenvalue weighted by atomic mass is 32.2. The van der Waals surface area contributed by atoms with Crippen molar-refractivity contribution in [1.29, 1.82) is 0 Å². The SMILES string of the molecule is Cc1nc(-c2ccc(S(=O)(=O)NC(Cn3nccn3)C(C)C)cc2)co1. The molecule has 3 rings (SSSR count). The van der Waals surface area contributed by atoms with Crippen molar-refractivity contribution in [3.8, 4) is 11.3 Å². The fraction of sp³-hybridized carbons (Fsp3) is 0.353. The molecule has 1 N–H and O–H groups in total. The number of aryl methyl sites for hydroxylation is 1. The molecule has 0 saturated heterocycles. The van der Waals surface area contributed by atoms with Crippen molar-refractivity contribution >= 4 is 10.0 Å². The van der Waals surface area contributed by atoms with E-state index in [1.807, 2.05) is 13.8 Å². The first kappa shape index (κ1) is 18.3. The van der Waals surface area contributed by atoms with Gasteiger partial charge in [0, 0.05) is 18.5 Å². The summed E-state index contributed by atoms with van der Waals surface area (Å²) in [5.74, 6) is 0.638. The van der Waals surface area contributed by atoms with E-state index < -0.39 is 10.0 Å². The number of hydrogen-bond donors (Lipinski definition) is 1. The highest BCUT2D eigenvalue weighted by Crippen LogP contribution is 2.21. The summed E-state index contributed by atoms with van der Waals surface area (Å²) in [6.45, 7) is 6.02. The van der Waals surface area contributed by atoms with E-state index in [1.165, 1.54) is 4.80 Å². The average Bonchev–Trinajstić information content (AvgIpc) is 3.26. The third-order valence-electron chi connectivity index (χ3n) is 4.02. The fourth-order valence-electron chi connectivity index (χ4n) is 2.47. The van der Waals surface area contributed by atoms with E-state index in [-0.39, 0.29) is 16.9 Å². The zero-order valence-electron chi connectivity index (χ0n) is 14.8. The number of aromatic nitrogens is 4. The Bertz CT molecular complexity index is 947. The Morgan fingerprint density at radius 1 is 1.15 bits per heavy atom. The maximum atomic E-state index is 12.7. The zero-order chi connectivity index (χ0) is 18.7. The molecule has 3 aromatic rings. The predicted octanol–water partition coefficient (Wildman–Crippen LogP) is 2.24. The molecule has 1 atom stereocenters. The number of nitrogens with one attached hydrogen (secondary N) is 1. The van der Waals surface area contributed by atoms with Gasteiger partial charge in [-0.2, -0.15) is 15.0 Å². The molecule has 0 amide bonds. The highest BCUT2D eigenvalue weighted by molar-refractivity contribution is 7.89. The van der Waals surface area contributed by atoms with Gasteiger partial charge in [-0.15, -0.1) is 0 Å². The van der Waals surface area contributed by atoms with Gasteiger partial charge in [-0.3, -0.25) is 0 Å². The van der Waals surface area contributed by atoms with Gasteiger partial charge in [-0.25, -0.2) is 18.1 Å². The first-order valence-electron chi connectivity index (χ1n) is 8.24. The second-order valence-corrected chi connectivity index (χ2v) is 8.05. The summed E-state index contributed by atoms with van der Waals surface area (Å²) < 4.78 is 33.4. The van der Waals surface area contributed by atoms with Crippen LogP contribution in [0.3, 0.4) is 0 Å². The summed E-state index contributed by atoms with van der Waals surface area (Å²) in [6, 6.07) is 6.22. The first-order valence-corrected chi connectivity index (χ1v) is 9.72. The van der Waals surface area contributed by atoms with E-state index in [9.17, 15) is 8.42 Å². The molecular weight excluding hydrogens is 354 g/mol. The van der Waals surface area contributed by atoms with Gasteiger partial charge in [0.25, 0.3) is 0 Å². The monoisotopic (exact) mass is 375 g/mol. The number of oxazole rings is 1. The molecule has 0 aliphatic carbocycles. The number of sulfonamides is 1. The summed E-state index contributed by atoms with van der Waals surface area (Å²) in [6.07, 6.45) is 4.68. The Morgan fingerprint density at radius 3 is 2.35 bits per heavy atom. The van der Waals surface area contributed by atoms with Crippen LogP contribution in [0.15, 0.2) is 52.2 Å². The second-order valence-electron chi connectivity index (χ2n) is 6.33. The minimum atomic E-state index is -3.66. The second kappa shape index (κ2) is 7.38. The average molecular weight is 375 g/mol. The van der Waals surface area contributed by atoms with Gasteiger partial charge in [-0.1, -0.05) is 26.0 Å². The van der Waals surface area contributed by atoms with Crippen LogP contribution < -0.4 is 4.72 Å². The van der Waals surface area contributed by atoms with E-state index in [0.29, 0.717) is 18.1 Å². The lowest BCUT2D eigenvalue weighted by molar-refractivity contribution is 0.361. The van der Waals surface area contributed by atoms with Crippen LogP contribution >= 0.6 is 0 Å². The minimum absolute atomic E-state index is 0.0770. The summed E-state index contributed by atoms with van der Waals surface area (Å²) in [7, 11) is -3.66. The van der Waals surface area contributed by atoms with Gasteiger partial charge >= 0.3 is 0 Å². The van der Waals surface area contributed by atoms with Crippen molar-refractivity contribution in [3.63, 3.8) is 0 Å². The Morgan fingerprint density at radius 2 is 1.81 bits per heavy atom. The van der Waals surface area contributed by atoms with Crippen molar-refractivity contribution in [3.05, 3.63) is 48.8 Å². The molecule has 0 bridgehead atoms. The molecule has 0 saturated carbocycles. The van der Waals surface area contributed by atoms with Gasteiger partial charge in [-0.05, 0) is 18.1 Å². The van der Waals surface area contributed by atoms with Crippen LogP contribution in [0, 0.1) is 12.8 Å². The third kappa shape index (κ3) is 4.17. The summed E-state index contributed by atoms with van der Waals surface area (Å²) in [4.78, 5) is 5.91. The van der Waals surface area contributed by atoms with E-state index in [1.54, 1.807) is 49.8 Å². The standard InChI is InChI=1S/C17H21N5O3S/c1-12(2)16(10-22-18-8-9-19-22)21-26(23,24)15-6-4-14(5-7-15)17-11-25-13(3)20-17/h4-9,11-12,16,21H,10H2,1-3H3. The Hall–Kier alpha value is -2.52. The molecular formula is C17H21N5O3S. The van der Waals surface area contributed by atoms with Crippen LogP contribution in [0.5, 0.6) is 0 Å².